The second kappa shape index (κ2) is 8.77. The van der Waals surface area contributed by atoms with Gasteiger partial charge in [-0.1, -0.05) is 19.1 Å². The van der Waals surface area contributed by atoms with E-state index in [-0.39, 0.29) is 17.4 Å². The molecule has 2 aromatic carbocycles. The molecule has 1 atom stereocenters. The first-order valence-electron chi connectivity index (χ1n) is 9.36. The number of hydrogen-bond donors (Lipinski definition) is 1. The highest BCUT2D eigenvalue weighted by molar-refractivity contribution is 6.39. The Hall–Kier alpha value is -3.68. The molecular weight excluding hydrogens is 391 g/mol. The Morgan fingerprint density at radius 1 is 1.13 bits per heavy atom. The zero-order chi connectivity index (χ0) is 21.8. The molecule has 8 heteroatoms. The van der Waals surface area contributed by atoms with Crippen LogP contribution >= 0.6 is 0 Å². The molecule has 0 unspecified atom stereocenters. The summed E-state index contributed by atoms with van der Waals surface area (Å²) in [6.45, 7) is 3.85. The predicted molar refractivity (Wildman–Crippen MR) is 109 cm³/mol. The topological polar surface area (TPSA) is 84.9 Å². The highest BCUT2D eigenvalue weighted by Crippen LogP contribution is 2.34. The summed E-state index contributed by atoms with van der Waals surface area (Å²) in [5.74, 6) is -1.35. The molecule has 7 nitrogen and oxygen atoms in total. The lowest BCUT2D eigenvalue weighted by Gasteiger charge is -2.26. The molecule has 0 saturated carbocycles. The van der Waals surface area contributed by atoms with Crippen molar-refractivity contribution >= 4 is 29.6 Å². The fourth-order valence-electron chi connectivity index (χ4n) is 2.86. The van der Waals surface area contributed by atoms with E-state index in [2.05, 4.69) is 5.32 Å². The molecule has 4 amide bonds. The second-order valence-electron chi connectivity index (χ2n) is 6.65. The Morgan fingerprint density at radius 2 is 1.83 bits per heavy atom. The van der Waals surface area contributed by atoms with Gasteiger partial charge in [-0.3, -0.25) is 14.9 Å². The molecule has 1 N–H and O–H groups in total. The molecular formula is C22H21FN2O5. The zero-order valence-corrected chi connectivity index (χ0v) is 16.8. The number of benzene rings is 2. The fraction of sp³-hybridized carbons (Fsp3) is 0.227. The first kappa shape index (κ1) is 21.0. The smallest absolute Gasteiger partial charge is 0.335 e. The number of imide groups is 2. The third-order valence-electron chi connectivity index (χ3n) is 4.61. The van der Waals surface area contributed by atoms with Crippen LogP contribution in [0, 0.1) is 5.82 Å². The minimum absolute atomic E-state index is 0.133. The van der Waals surface area contributed by atoms with Crippen molar-refractivity contribution in [2.75, 3.05) is 12.0 Å². The number of ether oxygens (including phenoxy) is 2. The molecule has 0 radical (unpaired) electrons. The van der Waals surface area contributed by atoms with Crippen LogP contribution in [-0.4, -0.2) is 31.1 Å². The van der Waals surface area contributed by atoms with E-state index in [1.165, 1.54) is 25.3 Å². The maximum atomic E-state index is 13.2. The number of methoxy groups -OCH3 is 1. The van der Waals surface area contributed by atoms with Gasteiger partial charge in [0, 0.05) is 5.56 Å². The summed E-state index contributed by atoms with van der Waals surface area (Å²) in [7, 11) is 1.49. The van der Waals surface area contributed by atoms with E-state index in [4.69, 9.17) is 9.47 Å². The highest BCUT2D eigenvalue weighted by atomic mass is 19.1. The van der Waals surface area contributed by atoms with Crippen LogP contribution in [0.5, 0.6) is 11.5 Å². The number of nitrogens with zero attached hydrogens (tertiary/aromatic N) is 1. The lowest BCUT2D eigenvalue weighted by atomic mass is 10.1. The molecule has 0 aliphatic carbocycles. The monoisotopic (exact) mass is 412 g/mol. The molecule has 1 heterocycles. The first-order chi connectivity index (χ1) is 14.3. The van der Waals surface area contributed by atoms with Crippen molar-refractivity contribution in [2.45, 2.75) is 26.4 Å². The van der Waals surface area contributed by atoms with Crippen molar-refractivity contribution < 1.29 is 28.2 Å². The van der Waals surface area contributed by atoms with Gasteiger partial charge in [-0.05, 0) is 49.8 Å². The van der Waals surface area contributed by atoms with E-state index >= 15 is 0 Å². The van der Waals surface area contributed by atoms with Crippen molar-refractivity contribution in [2.24, 2.45) is 0 Å². The number of barbiturate groups is 1. The van der Waals surface area contributed by atoms with Gasteiger partial charge in [0.2, 0.25) is 0 Å². The Labute approximate surface area is 173 Å². The predicted octanol–water partition coefficient (Wildman–Crippen LogP) is 3.68. The number of hydrogen-bond acceptors (Lipinski definition) is 5. The summed E-state index contributed by atoms with van der Waals surface area (Å²) in [5.41, 5.74) is 0.321. The third kappa shape index (κ3) is 4.17. The molecule has 2 aromatic rings. The van der Waals surface area contributed by atoms with E-state index < -0.39 is 23.7 Å². The van der Waals surface area contributed by atoms with Gasteiger partial charge in [0.1, 0.15) is 11.4 Å². The van der Waals surface area contributed by atoms with Gasteiger partial charge in [-0.2, -0.15) is 0 Å². The van der Waals surface area contributed by atoms with Crippen molar-refractivity contribution in [1.82, 2.24) is 5.32 Å². The van der Waals surface area contributed by atoms with Crippen molar-refractivity contribution in [3.05, 3.63) is 59.4 Å². The quantitative estimate of drug-likeness (QED) is 0.578. The van der Waals surface area contributed by atoms with Gasteiger partial charge in [-0.25, -0.2) is 14.1 Å². The Morgan fingerprint density at radius 3 is 2.47 bits per heavy atom. The molecule has 1 fully saturated rings. The first-order valence-corrected chi connectivity index (χ1v) is 9.36. The van der Waals surface area contributed by atoms with Crippen LogP contribution in [0.25, 0.3) is 6.08 Å². The van der Waals surface area contributed by atoms with Crippen LogP contribution in [0.1, 0.15) is 25.8 Å². The van der Waals surface area contributed by atoms with Crippen LogP contribution in [-0.2, 0) is 9.59 Å². The number of urea groups is 1. The minimum atomic E-state index is -0.907. The molecule has 1 aliphatic rings. The van der Waals surface area contributed by atoms with Crippen LogP contribution < -0.4 is 19.7 Å². The molecule has 30 heavy (non-hydrogen) atoms. The molecule has 0 aromatic heterocycles. The summed E-state index contributed by atoms with van der Waals surface area (Å²) >= 11 is 0. The number of anilines is 1. The van der Waals surface area contributed by atoms with Crippen LogP contribution in [0.15, 0.2) is 48.0 Å². The lowest BCUT2D eigenvalue weighted by Crippen LogP contribution is -2.54. The largest absolute Gasteiger partial charge is 0.493 e. The second-order valence-corrected chi connectivity index (χ2v) is 6.65. The Bertz CT molecular complexity index is 1020. The maximum Gasteiger partial charge on any atom is 0.335 e. The van der Waals surface area contributed by atoms with E-state index in [0.29, 0.717) is 17.1 Å². The number of para-hydroxylation sites is 1. The van der Waals surface area contributed by atoms with Crippen LogP contribution in [0.3, 0.4) is 0 Å². The van der Waals surface area contributed by atoms with Crippen molar-refractivity contribution in [1.29, 1.82) is 0 Å². The van der Waals surface area contributed by atoms with Crippen LogP contribution in [0.2, 0.25) is 0 Å². The minimum Gasteiger partial charge on any atom is -0.493 e. The summed E-state index contributed by atoms with van der Waals surface area (Å²) in [6.07, 6.45) is 1.95. The Kier molecular flexibility index (Phi) is 6.15. The number of amides is 4. The van der Waals surface area contributed by atoms with E-state index in [9.17, 15) is 18.8 Å². The molecule has 156 valence electrons. The Balaban J connectivity index is 2.05. The summed E-state index contributed by atoms with van der Waals surface area (Å²) < 4.78 is 24.5. The van der Waals surface area contributed by atoms with E-state index in [1.807, 2.05) is 13.8 Å². The van der Waals surface area contributed by atoms with Crippen LogP contribution in [0.4, 0.5) is 14.9 Å². The number of nitrogens with one attached hydrogen (secondary N) is 1. The lowest BCUT2D eigenvalue weighted by molar-refractivity contribution is -0.122. The van der Waals surface area contributed by atoms with Gasteiger partial charge < -0.3 is 9.47 Å². The van der Waals surface area contributed by atoms with E-state index in [1.54, 1.807) is 18.2 Å². The summed E-state index contributed by atoms with van der Waals surface area (Å²) in [6, 6.07) is 8.97. The SMILES string of the molecule is CC[C@H](C)Oc1c(/C=C2\C(=O)NC(=O)N(c3ccc(F)cc3)C2=O)cccc1OC. The van der Waals surface area contributed by atoms with E-state index in [0.717, 1.165) is 23.5 Å². The van der Waals surface area contributed by atoms with Gasteiger partial charge in [0.15, 0.2) is 11.5 Å². The summed E-state index contributed by atoms with van der Waals surface area (Å²) in [4.78, 5) is 38.4. The number of carbonyl (C=O) groups is 3. The molecule has 0 spiro atoms. The maximum absolute atomic E-state index is 13.2. The molecule has 1 aliphatic heterocycles. The highest BCUT2D eigenvalue weighted by Gasteiger charge is 2.37. The zero-order valence-electron chi connectivity index (χ0n) is 16.8. The van der Waals surface area contributed by atoms with Gasteiger partial charge >= 0.3 is 6.03 Å². The average Bonchev–Trinajstić information content (AvgIpc) is 2.73. The number of halogens is 1. The standard InChI is InChI=1S/C22H21FN2O5/c1-4-13(2)30-19-14(6-5-7-18(19)29-3)12-17-20(26)24-22(28)25(21(17)27)16-10-8-15(23)9-11-16/h5-13H,4H2,1-3H3,(H,24,26,28)/b17-12+/t13-/m0/s1. The normalized spacial score (nSPS) is 16.5. The number of carbonyl (C=O) groups excluding carboxylic acids is 3. The van der Waals surface area contributed by atoms with Gasteiger partial charge in [0.25, 0.3) is 11.8 Å². The van der Waals surface area contributed by atoms with Crippen molar-refractivity contribution in [3.63, 3.8) is 0 Å². The molecule has 0 bridgehead atoms. The number of rotatable bonds is 6. The third-order valence-corrected chi connectivity index (χ3v) is 4.61. The summed E-state index contributed by atoms with van der Waals surface area (Å²) in [5, 5.41) is 2.14. The molecule has 3 rings (SSSR count). The van der Waals surface area contributed by atoms with Gasteiger partial charge in [-0.15, -0.1) is 0 Å². The average molecular weight is 412 g/mol. The van der Waals surface area contributed by atoms with Gasteiger partial charge in [0.05, 0.1) is 18.9 Å². The molecule has 1 saturated heterocycles. The van der Waals surface area contributed by atoms with Crippen molar-refractivity contribution in [3.8, 4) is 11.5 Å². The fourth-order valence-corrected chi connectivity index (χ4v) is 2.86.